The molecule has 0 saturated carbocycles. The monoisotopic (exact) mass is 514 g/mol. The van der Waals surface area contributed by atoms with Gasteiger partial charge in [-0.2, -0.15) is 5.10 Å². The zero-order valence-electron chi connectivity index (χ0n) is 18.6. The van der Waals surface area contributed by atoms with E-state index in [4.69, 9.17) is 0 Å². The number of phenols is 2. The quantitative estimate of drug-likeness (QED) is 0.348. The average molecular weight is 515 g/mol. The number of anilines is 1. The zero-order valence-corrected chi connectivity index (χ0v) is 19.4. The first-order valence-electron chi connectivity index (χ1n) is 10.9. The van der Waals surface area contributed by atoms with E-state index in [1.165, 1.54) is 16.8 Å². The van der Waals surface area contributed by atoms with Crippen LogP contribution in [0.4, 0.5) is 14.5 Å². The minimum absolute atomic E-state index is 0.0314. The predicted octanol–water partition coefficient (Wildman–Crippen LogP) is 3.48. The molecule has 0 bridgehead atoms. The van der Waals surface area contributed by atoms with Crippen LogP contribution in [-0.4, -0.2) is 40.7 Å². The standard InChI is InChI=1S/C24H20F2N4O5S/c25-14-3-5-19(26)17(10-14)20-2-1-8-29(20)15-7-9-30-21(11-15)18(13-27-30)24(33)28-36(34,35)16-4-6-22(31)23(32)12-16/h3-7,9-13,20,31-32H,1-2,8H2,(H,28,33)/t20-/m1/s1. The Morgan fingerprint density at radius 3 is 2.64 bits per heavy atom. The van der Waals surface area contributed by atoms with Crippen molar-refractivity contribution in [3.05, 3.63) is 83.7 Å². The molecule has 0 spiro atoms. The Kier molecular flexibility index (Phi) is 5.75. The van der Waals surface area contributed by atoms with Crippen LogP contribution in [0.5, 0.6) is 11.5 Å². The Balaban J connectivity index is 1.46. The maximum atomic E-state index is 14.5. The lowest BCUT2D eigenvalue weighted by Gasteiger charge is -2.27. The molecule has 1 aliphatic rings. The summed E-state index contributed by atoms with van der Waals surface area (Å²) in [5.74, 6) is -3.16. The first-order chi connectivity index (χ1) is 17.1. The normalized spacial score (nSPS) is 15.9. The second-order valence-electron chi connectivity index (χ2n) is 8.38. The Labute approximate surface area is 204 Å². The van der Waals surface area contributed by atoms with Gasteiger partial charge in [0.2, 0.25) is 0 Å². The fourth-order valence-corrected chi connectivity index (χ4v) is 5.38. The van der Waals surface area contributed by atoms with Crippen molar-refractivity contribution in [2.75, 3.05) is 11.4 Å². The molecule has 5 rings (SSSR count). The number of amides is 1. The summed E-state index contributed by atoms with van der Waals surface area (Å²) in [5.41, 5.74) is 1.15. The molecule has 4 aromatic rings. The number of aromatic nitrogens is 2. The molecule has 186 valence electrons. The highest BCUT2D eigenvalue weighted by Crippen LogP contribution is 2.38. The number of nitrogens with zero attached hydrogens (tertiary/aromatic N) is 3. The van der Waals surface area contributed by atoms with Crippen LogP contribution in [-0.2, 0) is 10.0 Å². The second kappa shape index (κ2) is 8.79. The molecule has 0 radical (unpaired) electrons. The summed E-state index contributed by atoms with van der Waals surface area (Å²) in [4.78, 5) is 14.4. The maximum Gasteiger partial charge on any atom is 0.268 e. The van der Waals surface area contributed by atoms with E-state index in [1.807, 2.05) is 9.62 Å². The van der Waals surface area contributed by atoms with Gasteiger partial charge in [-0.15, -0.1) is 0 Å². The Hall–Kier alpha value is -4.19. The molecule has 2 aromatic heterocycles. The van der Waals surface area contributed by atoms with Crippen LogP contribution in [0.25, 0.3) is 5.52 Å². The molecule has 36 heavy (non-hydrogen) atoms. The summed E-state index contributed by atoms with van der Waals surface area (Å²) in [6.45, 7) is 0.575. The van der Waals surface area contributed by atoms with Gasteiger partial charge >= 0.3 is 0 Å². The number of sulfonamides is 1. The van der Waals surface area contributed by atoms with Gasteiger partial charge < -0.3 is 15.1 Å². The van der Waals surface area contributed by atoms with Crippen molar-refractivity contribution < 1.29 is 32.2 Å². The number of pyridine rings is 1. The van der Waals surface area contributed by atoms with Crippen molar-refractivity contribution >= 4 is 27.1 Å². The number of nitrogens with one attached hydrogen (secondary N) is 1. The lowest BCUT2D eigenvalue weighted by Crippen LogP contribution is -2.30. The molecule has 3 N–H and O–H groups in total. The minimum atomic E-state index is -4.37. The SMILES string of the molecule is O=C(NS(=O)(=O)c1ccc(O)c(O)c1)c1cnn2ccc(N3CCC[C@@H]3c3cc(F)ccc3F)cc12. The number of phenolic OH excluding ortho intramolecular Hbond substituents is 2. The van der Waals surface area contributed by atoms with Crippen LogP contribution in [0, 0.1) is 11.6 Å². The highest BCUT2D eigenvalue weighted by molar-refractivity contribution is 7.90. The van der Waals surface area contributed by atoms with E-state index in [0.29, 0.717) is 24.2 Å². The summed E-state index contributed by atoms with van der Waals surface area (Å²) < 4.78 is 56.9. The van der Waals surface area contributed by atoms with E-state index in [0.717, 1.165) is 36.8 Å². The molecular formula is C24H20F2N4O5S. The van der Waals surface area contributed by atoms with Crippen molar-refractivity contribution in [3.8, 4) is 11.5 Å². The number of halogens is 2. The van der Waals surface area contributed by atoms with E-state index < -0.39 is 50.0 Å². The van der Waals surface area contributed by atoms with E-state index in [1.54, 1.807) is 18.3 Å². The van der Waals surface area contributed by atoms with Crippen molar-refractivity contribution in [3.63, 3.8) is 0 Å². The second-order valence-corrected chi connectivity index (χ2v) is 10.1. The highest BCUT2D eigenvalue weighted by atomic mass is 32.2. The van der Waals surface area contributed by atoms with Gasteiger partial charge in [-0.3, -0.25) is 4.79 Å². The summed E-state index contributed by atoms with van der Waals surface area (Å²) in [5, 5.41) is 23.1. The smallest absolute Gasteiger partial charge is 0.268 e. The number of carbonyl (C=O) groups excluding carboxylic acids is 1. The molecule has 9 nitrogen and oxygen atoms in total. The van der Waals surface area contributed by atoms with Crippen LogP contribution < -0.4 is 9.62 Å². The van der Waals surface area contributed by atoms with Gasteiger partial charge in [0.1, 0.15) is 11.6 Å². The molecule has 3 heterocycles. The van der Waals surface area contributed by atoms with Gasteiger partial charge in [0.25, 0.3) is 15.9 Å². The van der Waals surface area contributed by atoms with Gasteiger partial charge in [-0.25, -0.2) is 26.4 Å². The first kappa shape index (κ1) is 23.5. The third kappa shape index (κ3) is 4.19. The molecule has 0 unspecified atom stereocenters. The molecule has 0 aliphatic carbocycles. The molecular weight excluding hydrogens is 494 g/mol. The number of fused-ring (bicyclic) bond motifs is 1. The Morgan fingerprint density at radius 2 is 1.86 bits per heavy atom. The molecule has 12 heteroatoms. The number of carbonyl (C=O) groups is 1. The number of hydrogen-bond donors (Lipinski definition) is 3. The number of hydrogen-bond acceptors (Lipinski definition) is 7. The van der Waals surface area contributed by atoms with Crippen LogP contribution in [0.1, 0.15) is 34.8 Å². The van der Waals surface area contributed by atoms with Crippen LogP contribution in [0.3, 0.4) is 0 Å². The van der Waals surface area contributed by atoms with Gasteiger partial charge in [0.05, 0.1) is 28.2 Å². The van der Waals surface area contributed by atoms with Crippen LogP contribution >= 0.6 is 0 Å². The average Bonchev–Trinajstić information content (AvgIpc) is 3.49. The van der Waals surface area contributed by atoms with Gasteiger partial charge in [0, 0.05) is 30.1 Å². The largest absolute Gasteiger partial charge is 0.504 e. The third-order valence-electron chi connectivity index (χ3n) is 6.14. The van der Waals surface area contributed by atoms with E-state index in [9.17, 15) is 32.2 Å². The fourth-order valence-electron chi connectivity index (χ4n) is 4.40. The van der Waals surface area contributed by atoms with Crippen molar-refractivity contribution in [2.45, 2.75) is 23.8 Å². The Morgan fingerprint density at radius 1 is 1.06 bits per heavy atom. The maximum absolute atomic E-state index is 14.5. The van der Waals surface area contributed by atoms with Gasteiger partial charge in [-0.1, -0.05) is 0 Å². The van der Waals surface area contributed by atoms with Crippen molar-refractivity contribution in [2.24, 2.45) is 0 Å². The van der Waals surface area contributed by atoms with Crippen LogP contribution in [0.2, 0.25) is 0 Å². The van der Waals surface area contributed by atoms with Crippen molar-refractivity contribution in [1.29, 1.82) is 0 Å². The van der Waals surface area contributed by atoms with Crippen molar-refractivity contribution in [1.82, 2.24) is 14.3 Å². The molecule has 1 saturated heterocycles. The first-order valence-corrected chi connectivity index (χ1v) is 12.4. The molecule has 1 atom stereocenters. The minimum Gasteiger partial charge on any atom is -0.504 e. The topological polar surface area (TPSA) is 124 Å². The lowest BCUT2D eigenvalue weighted by molar-refractivity contribution is 0.0983. The molecule has 1 fully saturated rings. The lowest BCUT2D eigenvalue weighted by atomic mass is 10.0. The highest BCUT2D eigenvalue weighted by Gasteiger charge is 2.30. The zero-order chi connectivity index (χ0) is 25.6. The van der Waals surface area contributed by atoms with E-state index in [2.05, 4.69) is 5.10 Å². The Bertz CT molecular complexity index is 1610. The predicted molar refractivity (Wildman–Crippen MR) is 125 cm³/mol. The van der Waals surface area contributed by atoms with Crippen LogP contribution in [0.15, 0.2) is 65.8 Å². The molecule has 1 amide bonds. The summed E-state index contributed by atoms with van der Waals surface area (Å²) in [7, 11) is -4.37. The molecule has 1 aliphatic heterocycles. The fraction of sp³-hybridized carbons (Fsp3) is 0.167. The van der Waals surface area contributed by atoms with E-state index >= 15 is 0 Å². The molecule has 2 aromatic carbocycles. The van der Waals surface area contributed by atoms with E-state index in [-0.39, 0.29) is 11.1 Å². The summed E-state index contributed by atoms with van der Waals surface area (Å²) in [6, 6.07) is 9.14. The number of benzene rings is 2. The summed E-state index contributed by atoms with van der Waals surface area (Å²) >= 11 is 0. The van der Waals surface area contributed by atoms with Gasteiger partial charge in [-0.05, 0) is 55.3 Å². The third-order valence-corrected chi connectivity index (χ3v) is 7.46. The van der Waals surface area contributed by atoms with Gasteiger partial charge in [0.15, 0.2) is 11.5 Å². The number of rotatable bonds is 5. The summed E-state index contributed by atoms with van der Waals surface area (Å²) in [6.07, 6.45) is 4.16. The number of aromatic hydroxyl groups is 2.